The number of carboxylic acid groups (broad SMARTS) is 1. The number of benzene rings is 2. The van der Waals surface area contributed by atoms with Crippen LogP contribution in [0.2, 0.25) is 0 Å². The van der Waals surface area contributed by atoms with Gasteiger partial charge in [0.05, 0.1) is 11.5 Å². The number of carbonyl (C=O) groups is 3. The molecular weight excluding hydrogens is 436 g/mol. The molecule has 4 rings (SSSR count). The molecule has 0 spiro atoms. The van der Waals surface area contributed by atoms with E-state index in [0.29, 0.717) is 19.4 Å². The number of hydrogen-bond donors (Lipinski definition) is 3. The second kappa shape index (κ2) is 9.85. The molecule has 8 heteroatoms. The van der Waals surface area contributed by atoms with E-state index < -0.39 is 35.5 Å². The first-order valence-corrected chi connectivity index (χ1v) is 11.6. The highest BCUT2D eigenvalue weighted by Gasteiger charge is 2.38. The van der Waals surface area contributed by atoms with Gasteiger partial charge >= 0.3 is 12.1 Å². The zero-order chi connectivity index (χ0) is 24.3. The molecule has 2 amide bonds. The Morgan fingerprint density at radius 3 is 2.29 bits per heavy atom. The summed E-state index contributed by atoms with van der Waals surface area (Å²) in [6.45, 7) is 3.81. The van der Waals surface area contributed by atoms with Crippen molar-refractivity contribution in [3.8, 4) is 11.1 Å². The maximum atomic E-state index is 12.6. The van der Waals surface area contributed by atoms with Crippen molar-refractivity contribution >= 4 is 18.0 Å². The molecule has 8 nitrogen and oxygen atoms in total. The average Bonchev–Trinajstić information content (AvgIpc) is 3.43. The predicted molar refractivity (Wildman–Crippen MR) is 125 cm³/mol. The average molecular weight is 467 g/mol. The van der Waals surface area contributed by atoms with Gasteiger partial charge in [0.25, 0.3) is 5.91 Å². The Morgan fingerprint density at radius 2 is 1.71 bits per heavy atom. The van der Waals surface area contributed by atoms with E-state index in [0.717, 1.165) is 22.3 Å². The second-order valence-electron chi connectivity index (χ2n) is 9.09. The molecule has 1 aliphatic heterocycles. The van der Waals surface area contributed by atoms with Gasteiger partial charge in [-0.1, -0.05) is 55.5 Å². The number of fused-ring (bicyclic) bond motifs is 3. The van der Waals surface area contributed by atoms with E-state index >= 15 is 0 Å². The summed E-state index contributed by atoms with van der Waals surface area (Å²) in [4.78, 5) is 36.7. The Morgan fingerprint density at radius 1 is 1.09 bits per heavy atom. The van der Waals surface area contributed by atoms with Crippen LogP contribution in [-0.2, 0) is 19.1 Å². The zero-order valence-corrected chi connectivity index (χ0v) is 19.4. The van der Waals surface area contributed by atoms with E-state index in [4.69, 9.17) is 9.47 Å². The quantitative estimate of drug-likeness (QED) is 0.550. The maximum Gasteiger partial charge on any atom is 0.407 e. The first-order chi connectivity index (χ1) is 16.3. The maximum absolute atomic E-state index is 12.6. The first kappa shape index (κ1) is 23.8. The van der Waals surface area contributed by atoms with Crippen LogP contribution in [0.25, 0.3) is 11.1 Å². The number of ether oxygens (including phenoxy) is 2. The van der Waals surface area contributed by atoms with Crippen LogP contribution >= 0.6 is 0 Å². The molecule has 3 N–H and O–H groups in total. The van der Waals surface area contributed by atoms with Crippen molar-refractivity contribution in [2.45, 2.75) is 44.8 Å². The lowest BCUT2D eigenvalue weighted by Gasteiger charge is -2.25. The number of hydrogen-bond acceptors (Lipinski definition) is 5. The van der Waals surface area contributed by atoms with Gasteiger partial charge in [0.1, 0.15) is 6.61 Å². The van der Waals surface area contributed by atoms with Gasteiger partial charge in [0.2, 0.25) is 0 Å². The number of carbonyl (C=O) groups excluding carboxylic acids is 2. The topological polar surface area (TPSA) is 114 Å². The SMILES string of the molecule is CCC(C)(CNC(=O)C1OCCC1NC(=O)OCC1c2ccccc2-c2ccccc21)C(=O)O. The van der Waals surface area contributed by atoms with E-state index in [2.05, 4.69) is 22.8 Å². The van der Waals surface area contributed by atoms with Crippen molar-refractivity contribution in [2.24, 2.45) is 5.41 Å². The first-order valence-electron chi connectivity index (χ1n) is 11.6. The minimum atomic E-state index is -1.07. The summed E-state index contributed by atoms with van der Waals surface area (Å²) in [6, 6.07) is 15.6. The van der Waals surface area contributed by atoms with Crippen LogP contribution in [0.5, 0.6) is 0 Å². The number of rotatable bonds is 8. The summed E-state index contributed by atoms with van der Waals surface area (Å²) in [6.07, 6.45) is -0.670. The molecule has 3 atom stereocenters. The third-order valence-electron chi connectivity index (χ3n) is 6.95. The third kappa shape index (κ3) is 4.63. The summed E-state index contributed by atoms with van der Waals surface area (Å²) in [5.41, 5.74) is 3.47. The molecular formula is C26H30N2O6. The molecule has 1 fully saturated rings. The number of carboxylic acids is 1. The molecule has 3 unspecified atom stereocenters. The number of aliphatic carboxylic acids is 1. The van der Waals surface area contributed by atoms with Crippen molar-refractivity contribution in [3.63, 3.8) is 0 Å². The van der Waals surface area contributed by atoms with Gasteiger partial charge in [-0.25, -0.2) is 4.79 Å². The molecule has 2 aromatic carbocycles. The Hall–Kier alpha value is -3.39. The number of nitrogens with one attached hydrogen (secondary N) is 2. The summed E-state index contributed by atoms with van der Waals surface area (Å²) in [5, 5.41) is 14.8. The second-order valence-corrected chi connectivity index (χ2v) is 9.09. The van der Waals surface area contributed by atoms with Crippen molar-refractivity contribution in [2.75, 3.05) is 19.8 Å². The fraction of sp³-hybridized carbons (Fsp3) is 0.423. The van der Waals surface area contributed by atoms with E-state index in [-0.39, 0.29) is 19.1 Å². The molecule has 1 aliphatic carbocycles. The lowest BCUT2D eigenvalue weighted by Crippen LogP contribution is -2.51. The third-order valence-corrected chi connectivity index (χ3v) is 6.95. The molecule has 1 heterocycles. The van der Waals surface area contributed by atoms with Gasteiger partial charge in [-0.3, -0.25) is 9.59 Å². The lowest BCUT2D eigenvalue weighted by molar-refractivity contribution is -0.148. The van der Waals surface area contributed by atoms with Crippen LogP contribution in [0.15, 0.2) is 48.5 Å². The van der Waals surface area contributed by atoms with Crippen molar-refractivity contribution in [3.05, 3.63) is 59.7 Å². The molecule has 1 saturated heterocycles. The minimum Gasteiger partial charge on any atom is -0.481 e. The molecule has 2 aliphatic rings. The minimum absolute atomic E-state index is 0.0187. The molecule has 180 valence electrons. The van der Waals surface area contributed by atoms with Gasteiger partial charge in [-0.05, 0) is 42.0 Å². The summed E-state index contributed by atoms with van der Waals surface area (Å²) < 4.78 is 11.1. The van der Waals surface area contributed by atoms with E-state index in [1.54, 1.807) is 13.8 Å². The van der Waals surface area contributed by atoms with Gasteiger partial charge in [0.15, 0.2) is 6.10 Å². The van der Waals surface area contributed by atoms with Crippen LogP contribution in [-0.4, -0.2) is 55.0 Å². The monoisotopic (exact) mass is 466 g/mol. The molecule has 0 saturated carbocycles. The highest BCUT2D eigenvalue weighted by molar-refractivity contribution is 5.84. The van der Waals surface area contributed by atoms with Crippen LogP contribution in [0, 0.1) is 5.41 Å². The predicted octanol–water partition coefficient (Wildman–Crippen LogP) is 3.30. The highest BCUT2D eigenvalue weighted by Crippen LogP contribution is 2.44. The Kier molecular flexibility index (Phi) is 6.88. The summed E-state index contributed by atoms with van der Waals surface area (Å²) in [5.74, 6) is -1.47. The van der Waals surface area contributed by atoms with Crippen molar-refractivity contribution in [1.82, 2.24) is 10.6 Å². The summed E-state index contributed by atoms with van der Waals surface area (Å²) in [7, 11) is 0. The summed E-state index contributed by atoms with van der Waals surface area (Å²) >= 11 is 0. The van der Waals surface area contributed by atoms with E-state index in [1.807, 2.05) is 36.4 Å². The lowest BCUT2D eigenvalue weighted by atomic mass is 9.87. The smallest absolute Gasteiger partial charge is 0.407 e. The molecule has 34 heavy (non-hydrogen) atoms. The fourth-order valence-corrected chi connectivity index (χ4v) is 4.52. The van der Waals surface area contributed by atoms with Crippen LogP contribution in [0.4, 0.5) is 4.79 Å². The molecule has 0 radical (unpaired) electrons. The van der Waals surface area contributed by atoms with Gasteiger partial charge < -0.3 is 25.2 Å². The van der Waals surface area contributed by atoms with Crippen LogP contribution in [0.1, 0.15) is 43.7 Å². The molecule has 0 bridgehead atoms. The normalized spacial score (nSPS) is 20.6. The van der Waals surface area contributed by atoms with E-state index in [9.17, 15) is 19.5 Å². The van der Waals surface area contributed by atoms with Crippen LogP contribution < -0.4 is 10.6 Å². The standard InChI is InChI=1S/C26H30N2O6/c1-3-26(2,24(30)31)15-27-23(29)22-21(12-13-33-22)28-25(32)34-14-20-18-10-6-4-8-16(18)17-9-5-7-11-19(17)20/h4-11,20-22H,3,12-15H2,1-2H3,(H,27,29)(H,28,32)(H,30,31). The van der Waals surface area contributed by atoms with Crippen molar-refractivity contribution < 1.29 is 29.0 Å². The molecule has 0 aromatic heterocycles. The fourth-order valence-electron chi connectivity index (χ4n) is 4.52. The zero-order valence-electron chi connectivity index (χ0n) is 19.4. The number of amides is 2. The Balaban J connectivity index is 1.34. The van der Waals surface area contributed by atoms with Gasteiger partial charge in [0, 0.05) is 19.1 Å². The Bertz CT molecular complexity index is 1040. The van der Waals surface area contributed by atoms with E-state index in [1.165, 1.54) is 0 Å². The highest BCUT2D eigenvalue weighted by atomic mass is 16.6. The van der Waals surface area contributed by atoms with Gasteiger partial charge in [-0.2, -0.15) is 0 Å². The molecule has 2 aromatic rings. The van der Waals surface area contributed by atoms with Gasteiger partial charge in [-0.15, -0.1) is 0 Å². The largest absolute Gasteiger partial charge is 0.481 e. The van der Waals surface area contributed by atoms with Crippen LogP contribution in [0.3, 0.4) is 0 Å². The van der Waals surface area contributed by atoms with Crippen molar-refractivity contribution in [1.29, 1.82) is 0 Å². The number of alkyl carbamates (subject to hydrolysis) is 1. The Labute approximate surface area is 198 Å².